The smallest absolute Gasteiger partial charge is 0.186 e. The van der Waals surface area contributed by atoms with Crippen molar-refractivity contribution in [1.82, 2.24) is 15.2 Å². The van der Waals surface area contributed by atoms with Crippen LogP contribution in [0.15, 0.2) is 18.2 Å². The summed E-state index contributed by atoms with van der Waals surface area (Å²) in [4.78, 5) is 9.49. The van der Waals surface area contributed by atoms with E-state index in [2.05, 4.69) is 32.6 Å². The quantitative estimate of drug-likeness (QED) is 0.544. The van der Waals surface area contributed by atoms with Crippen LogP contribution in [0, 0.1) is 0 Å². The van der Waals surface area contributed by atoms with E-state index in [0.29, 0.717) is 5.11 Å². The molecule has 0 bridgehead atoms. The third-order valence-corrected chi connectivity index (χ3v) is 6.28. The van der Waals surface area contributed by atoms with Crippen molar-refractivity contribution in [1.29, 1.82) is 0 Å². The highest BCUT2D eigenvalue weighted by Gasteiger charge is 2.15. The van der Waals surface area contributed by atoms with Crippen molar-refractivity contribution in [2.45, 2.75) is 6.42 Å². The fourth-order valence-electron chi connectivity index (χ4n) is 3.38. The Labute approximate surface area is 175 Å². The minimum absolute atomic E-state index is 0.666. The Balaban J connectivity index is 1.26. The summed E-state index contributed by atoms with van der Waals surface area (Å²) in [6, 6.07) is 6.21. The van der Waals surface area contributed by atoms with Gasteiger partial charge < -0.3 is 25.0 Å². The highest BCUT2D eigenvalue weighted by molar-refractivity contribution is 7.80. The number of hydrogen-bond donors (Lipinski definition) is 2. The number of rotatable bonds is 6. The summed E-state index contributed by atoms with van der Waals surface area (Å²) in [5, 5.41) is 8.33. The molecule has 0 unspecified atom stereocenters. The molecule has 9 heteroatoms. The van der Waals surface area contributed by atoms with Crippen molar-refractivity contribution >= 4 is 49.7 Å². The lowest BCUT2D eigenvalue weighted by Crippen LogP contribution is -2.38. The maximum atomic E-state index is 5.45. The number of thiocarbonyl (C=S) groups is 1. The van der Waals surface area contributed by atoms with Crippen molar-refractivity contribution < 1.29 is 9.47 Å². The molecule has 152 valence electrons. The van der Waals surface area contributed by atoms with Crippen LogP contribution in [0.25, 0.3) is 10.2 Å². The van der Waals surface area contributed by atoms with Crippen molar-refractivity contribution in [3.63, 3.8) is 0 Å². The predicted octanol–water partition coefficient (Wildman–Crippen LogP) is 2.14. The lowest BCUT2D eigenvalue weighted by Gasteiger charge is -2.26. The summed E-state index contributed by atoms with van der Waals surface area (Å²) in [6.07, 6.45) is 1.07. The Morgan fingerprint density at radius 1 is 1.11 bits per heavy atom. The van der Waals surface area contributed by atoms with Gasteiger partial charge in [0.15, 0.2) is 10.2 Å². The van der Waals surface area contributed by atoms with E-state index in [9.17, 15) is 0 Å². The summed E-state index contributed by atoms with van der Waals surface area (Å²) < 4.78 is 12.0. The van der Waals surface area contributed by atoms with Gasteiger partial charge in [-0.3, -0.25) is 4.90 Å². The van der Waals surface area contributed by atoms with Crippen LogP contribution >= 0.6 is 23.6 Å². The van der Waals surface area contributed by atoms with E-state index in [1.807, 2.05) is 6.07 Å². The summed E-state index contributed by atoms with van der Waals surface area (Å²) in [5.41, 5.74) is 2.02. The minimum Gasteiger partial charge on any atom is -0.379 e. The summed E-state index contributed by atoms with van der Waals surface area (Å²) in [7, 11) is 0. The first-order valence-corrected chi connectivity index (χ1v) is 11.1. The number of anilines is 2. The van der Waals surface area contributed by atoms with Crippen LogP contribution in [-0.2, 0) is 9.47 Å². The Bertz CT molecular complexity index is 788. The molecule has 1 aromatic carbocycles. The van der Waals surface area contributed by atoms with E-state index in [4.69, 9.17) is 26.7 Å². The van der Waals surface area contributed by atoms with Crippen LogP contribution in [0.3, 0.4) is 0 Å². The highest BCUT2D eigenvalue weighted by Crippen LogP contribution is 2.31. The van der Waals surface area contributed by atoms with Gasteiger partial charge in [0.1, 0.15) is 0 Å². The fourth-order valence-corrected chi connectivity index (χ4v) is 4.66. The summed E-state index contributed by atoms with van der Waals surface area (Å²) in [6.45, 7) is 9.06. The van der Waals surface area contributed by atoms with E-state index in [1.165, 1.54) is 4.70 Å². The molecule has 7 nitrogen and oxygen atoms in total. The number of aromatic nitrogens is 1. The molecule has 0 radical (unpaired) electrons. The van der Waals surface area contributed by atoms with Gasteiger partial charge in [0.25, 0.3) is 0 Å². The zero-order valence-electron chi connectivity index (χ0n) is 16.0. The molecular weight excluding hydrogens is 394 g/mol. The van der Waals surface area contributed by atoms with Gasteiger partial charge in [0.05, 0.1) is 36.6 Å². The Kier molecular flexibility index (Phi) is 6.92. The second kappa shape index (κ2) is 9.80. The zero-order chi connectivity index (χ0) is 19.2. The third kappa shape index (κ3) is 5.30. The average molecular weight is 422 g/mol. The van der Waals surface area contributed by atoms with Crippen LogP contribution in [0.5, 0.6) is 0 Å². The largest absolute Gasteiger partial charge is 0.379 e. The number of nitrogens with one attached hydrogen (secondary N) is 2. The molecule has 2 fully saturated rings. The first-order valence-electron chi connectivity index (χ1n) is 9.86. The van der Waals surface area contributed by atoms with E-state index in [-0.39, 0.29) is 0 Å². The topological polar surface area (TPSA) is 61.9 Å². The number of benzene rings is 1. The molecule has 0 spiro atoms. The number of nitrogens with zero attached hydrogens (tertiary/aromatic N) is 3. The second-order valence-electron chi connectivity index (χ2n) is 6.97. The fraction of sp³-hybridized carbons (Fsp3) is 0.579. The van der Waals surface area contributed by atoms with Gasteiger partial charge in [0, 0.05) is 38.4 Å². The Morgan fingerprint density at radius 3 is 2.64 bits per heavy atom. The van der Waals surface area contributed by atoms with Crippen LogP contribution < -0.4 is 15.5 Å². The molecule has 1 aromatic heterocycles. The second-order valence-corrected chi connectivity index (χ2v) is 8.38. The minimum atomic E-state index is 0.666. The number of fused-ring (bicyclic) bond motifs is 1. The molecule has 0 saturated carbocycles. The number of hydrogen-bond acceptors (Lipinski definition) is 7. The van der Waals surface area contributed by atoms with Gasteiger partial charge >= 0.3 is 0 Å². The van der Waals surface area contributed by atoms with Crippen LogP contribution in [0.4, 0.5) is 10.8 Å². The van der Waals surface area contributed by atoms with E-state index < -0.39 is 0 Å². The summed E-state index contributed by atoms with van der Waals surface area (Å²) in [5.74, 6) is 0. The molecule has 2 aliphatic rings. The first-order chi connectivity index (χ1) is 13.8. The third-order valence-electron chi connectivity index (χ3n) is 4.96. The molecule has 4 rings (SSSR count). The normalized spacial score (nSPS) is 18.4. The lowest BCUT2D eigenvalue weighted by atomic mass is 10.3. The van der Waals surface area contributed by atoms with Gasteiger partial charge in [-0.05, 0) is 43.4 Å². The number of morpholine rings is 2. The van der Waals surface area contributed by atoms with Crippen molar-refractivity contribution in [2.75, 3.05) is 75.9 Å². The van der Waals surface area contributed by atoms with Crippen molar-refractivity contribution in [3.05, 3.63) is 18.2 Å². The van der Waals surface area contributed by atoms with E-state index in [1.54, 1.807) is 11.3 Å². The Hall–Kier alpha value is -1.52. The molecule has 3 heterocycles. The van der Waals surface area contributed by atoms with E-state index >= 15 is 0 Å². The monoisotopic (exact) mass is 421 g/mol. The molecule has 2 aromatic rings. The SMILES string of the molecule is S=C(NCCCN1CCOCC1)Nc1ccc2nc(N3CCOCC3)sc2c1. The van der Waals surface area contributed by atoms with Gasteiger partial charge in [0.2, 0.25) is 0 Å². The molecule has 2 N–H and O–H groups in total. The van der Waals surface area contributed by atoms with Gasteiger partial charge in [-0.15, -0.1) is 0 Å². The van der Waals surface area contributed by atoms with Gasteiger partial charge in [-0.1, -0.05) is 11.3 Å². The predicted molar refractivity (Wildman–Crippen MR) is 119 cm³/mol. The Morgan fingerprint density at radius 2 is 1.86 bits per heavy atom. The van der Waals surface area contributed by atoms with Crippen LogP contribution in [-0.4, -0.2) is 80.7 Å². The van der Waals surface area contributed by atoms with Crippen molar-refractivity contribution in [3.8, 4) is 0 Å². The maximum absolute atomic E-state index is 5.45. The van der Waals surface area contributed by atoms with Crippen molar-refractivity contribution in [2.24, 2.45) is 0 Å². The number of ether oxygens (including phenoxy) is 2. The van der Waals surface area contributed by atoms with Gasteiger partial charge in [-0.2, -0.15) is 0 Å². The molecule has 28 heavy (non-hydrogen) atoms. The molecule has 2 saturated heterocycles. The molecular formula is C19H27N5O2S2. The zero-order valence-corrected chi connectivity index (χ0v) is 17.6. The summed E-state index contributed by atoms with van der Waals surface area (Å²) >= 11 is 7.17. The molecule has 0 atom stereocenters. The first kappa shape index (κ1) is 19.8. The van der Waals surface area contributed by atoms with Crippen LogP contribution in [0.1, 0.15) is 6.42 Å². The highest BCUT2D eigenvalue weighted by atomic mass is 32.1. The standard InChI is InChI=1S/C19H27N5O2S2/c27-18(20-4-1-5-23-6-10-25-11-7-23)21-15-2-3-16-17(14-15)28-19(22-16)24-8-12-26-13-9-24/h2-3,14H,1,4-13H2,(H2,20,21,27). The van der Waals surface area contributed by atoms with Crippen LogP contribution in [0.2, 0.25) is 0 Å². The lowest BCUT2D eigenvalue weighted by molar-refractivity contribution is 0.0376. The molecule has 0 amide bonds. The molecule has 2 aliphatic heterocycles. The average Bonchev–Trinajstić information content (AvgIpc) is 3.16. The van der Waals surface area contributed by atoms with Gasteiger partial charge in [-0.25, -0.2) is 4.98 Å². The number of thiazole rings is 1. The molecule has 0 aliphatic carbocycles. The maximum Gasteiger partial charge on any atom is 0.186 e. The van der Waals surface area contributed by atoms with E-state index in [0.717, 1.165) is 88.5 Å².